The molecule has 92 valence electrons. The fourth-order valence-corrected chi connectivity index (χ4v) is 3.38. The van der Waals surface area contributed by atoms with Gasteiger partial charge in [-0.3, -0.25) is 0 Å². The van der Waals surface area contributed by atoms with Crippen molar-refractivity contribution in [1.29, 1.82) is 0 Å². The Morgan fingerprint density at radius 3 is 2.82 bits per heavy atom. The Morgan fingerprint density at radius 1 is 1.41 bits per heavy atom. The number of thiophene rings is 1. The van der Waals surface area contributed by atoms with E-state index in [-0.39, 0.29) is 0 Å². The van der Waals surface area contributed by atoms with Crippen LogP contribution in [-0.4, -0.2) is 22.8 Å². The van der Waals surface area contributed by atoms with Crippen molar-refractivity contribution in [2.45, 2.75) is 25.8 Å². The lowest BCUT2D eigenvalue weighted by molar-refractivity contribution is 0.749. The summed E-state index contributed by atoms with van der Waals surface area (Å²) in [7, 11) is 1.86. The molecule has 2 aromatic heterocycles. The number of aromatic nitrogens is 2. The highest BCUT2D eigenvalue weighted by Gasteiger charge is 2.10. The van der Waals surface area contributed by atoms with Gasteiger partial charge < -0.3 is 5.32 Å². The number of rotatable bonds is 4. The van der Waals surface area contributed by atoms with Crippen molar-refractivity contribution in [2.75, 3.05) is 18.1 Å². The molecular weight excluding hydrogens is 250 g/mol. The number of hydrogen-bond acceptors (Lipinski definition) is 5. The molecule has 0 amide bonds. The lowest BCUT2D eigenvalue weighted by Crippen LogP contribution is -1.98. The third-order valence-electron chi connectivity index (χ3n) is 2.26. The molecule has 0 bridgehead atoms. The van der Waals surface area contributed by atoms with E-state index in [4.69, 9.17) is 0 Å². The van der Waals surface area contributed by atoms with Crippen LogP contribution in [0.4, 0.5) is 5.95 Å². The van der Waals surface area contributed by atoms with Crippen LogP contribution in [0.3, 0.4) is 0 Å². The maximum absolute atomic E-state index is 4.55. The molecule has 0 saturated heterocycles. The molecule has 0 radical (unpaired) electrons. The number of aryl methyl sites for hydroxylation is 1. The second-order valence-electron chi connectivity index (χ2n) is 4.38. The van der Waals surface area contributed by atoms with Gasteiger partial charge in [0.15, 0.2) is 0 Å². The van der Waals surface area contributed by atoms with E-state index in [2.05, 4.69) is 42.1 Å². The van der Waals surface area contributed by atoms with E-state index in [0.717, 1.165) is 15.6 Å². The first-order valence-electron chi connectivity index (χ1n) is 5.69. The molecule has 2 rings (SSSR count). The van der Waals surface area contributed by atoms with E-state index in [0.29, 0.717) is 11.9 Å². The van der Waals surface area contributed by atoms with Crippen molar-refractivity contribution in [3.8, 4) is 0 Å². The molecule has 0 atom stereocenters. The fourth-order valence-electron chi connectivity index (χ4n) is 1.48. The largest absolute Gasteiger partial charge is 0.357 e. The van der Waals surface area contributed by atoms with Crippen molar-refractivity contribution < 1.29 is 0 Å². The third kappa shape index (κ3) is 2.90. The number of hydrogen-bond donors (Lipinski definition) is 1. The average Bonchev–Trinajstić information content (AvgIpc) is 2.65. The highest BCUT2D eigenvalue weighted by Crippen LogP contribution is 2.32. The van der Waals surface area contributed by atoms with Crippen molar-refractivity contribution >= 4 is 39.3 Å². The lowest BCUT2D eigenvalue weighted by Gasteiger charge is -2.06. The van der Waals surface area contributed by atoms with Gasteiger partial charge in [0.25, 0.3) is 0 Å². The van der Waals surface area contributed by atoms with E-state index < -0.39 is 0 Å². The van der Waals surface area contributed by atoms with Crippen molar-refractivity contribution in [2.24, 2.45) is 5.92 Å². The minimum atomic E-state index is 0.669. The van der Waals surface area contributed by atoms with Crippen LogP contribution >= 0.6 is 23.1 Å². The summed E-state index contributed by atoms with van der Waals surface area (Å²) < 4.78 is 0. The van der Waals surface area contributed by atoms with Gasteiger partial charge in [0.05, 0.1) is 0 Å². The Bertz CT molecular complexity index is 520. The number of thioether (sulfide) groups is 1. The molecule has 0 fully saturated rings. The molecule has 0 aliphatic heterocycles. The summed E-state index contributed by atoms with van der Waals surface area (Å²) in [6, 6.07) is 2.18. The number of nitrogens with zero attached hydrogens (tertiary/aromatic N) is 2. The SMILES string of the molecule is CNc1nc(SCC(C)C)c2cc(C)sc2n1. The topological polar surface area (TPSA) is 37.8 Å². The predicted octanol–water partition coefficient (Wildman–Crippen LogP) is 3.79. The van der Waals surface area contributed by atoms with E-state index >= 15 is 0 Å². The zero-order valence-corrected chi connectivity index (χ0v) is 12.2. The summed E-state index contributed by atoms with van der Waals surface area (Å²) in [5, 5.41) is 5.31. The molecule has 17 heavy (non-hydrogen) atoms. The summed E-state index contributed by atoms with van der Waals surface area (Å²) in [5.74, 6) is 2.47. The molecule has 0 unspecified atom stereocenters. The maximum atomic E-state index is 4.55. The van der Waals surface area contributed by atoms with Gasteiger partial charge in [0.1, 0.15) is 9.86 Å². The fraction of sp³-hybridized carbons (Fsp3) is 0.500. The summed E-state index contributed by atoms with van der Waals surface area (Å²) in [6.07, 6.45) is 0. The highest BCUT2D eigenvalue weighted by molar-refractivity contribution is 7.99. The molecule has 5 heteroatoms. The van der Waals surface area contributed by atoms with Gasteiger partial charge in [-0.2, -0.15) is 0 Å². The molecule has 0 spiro atoms. The Morgan fingerprint density at radius 2 is 2.18 bits per heavy atom. The summed E-state index contributed by atoms with van der Waals surface area (Å²) >= 11 is 3.54. The smallest absolute Gasteiger partial charge is 0.224 e. The molecule has 0 aliphatic carbocycles. The van der Waals surface area contributed by atoms with E-state index in [9.17, 15) is 0 Å². The molecular formula is C12H17N3S2. The lowest BCUT2D eigenvalue weighted by atomic mass is 10.3. The van der Waals surface area contributed by atoms with Gasteiger partial charge in [-0.15, -0.1) is 23.1 Å². The van der Waals surface area contributed by atoms with Crippen LogP contribution in [0, 0.1) is 12.8 Å². The van der Waals surface area contributed by atoms with Crippen molar-refractivity contribution in [3.63, 3.8) is 0 Å². The molecule has 3 nitrogen and oxygen atoms in total. The monoisotopic (exact) mass is 267 g/mol. The van der Waals surface area contributed by atoms with Crippen molar-refractivity contribution in [1.82, 2.24) is 9.97 Å². The molecule has 1 N–H and O–H groups in total. The van der Waals surface area contributed by atoms with Crippen LogP contribution in [0.25, 0.3) is 10.2 Å². The van der Waals surface area contributed by atoms with Crippen LogP contribution in [0.1, 0.15) is 18.7 Å². The Hall–Kier alpha value is -0.810. The second kappa shape index (κ2) is 5.23. The molecule has 2 heterocycles. The maximum Gasteiger partial charge on any atom is 0.224 e. The van der Waals surface area contributed by atoms with E-state index in [1.165, 1.54) is 10.3 Å². The van der Waals surface area contributed by atoms with Gasteiger partial charge >= 0.3 is 0 Å². The Kier molecular flexibility index (Phi) is 3.89. The summed E-state index contributed by atoms with van der Waals surface area (Å²) in [6.45, 7) is 6.56. The number of fused-ring (bicyclic) bond motifs is 1. The normalized spacial score (nSPS) is 11.4. The standard InChI is InChI=1S/C12H17N3S2/c1-7(2)6-16-10-9-5-8(3)17-11(9)15-12(13-4)14-10/h5,7H,6H2,1-4H3,(H,13,14,15). The zero-order valence-electron chi connectivity index (χ0n) is 10.6. The van der Waals surface area contributed by atoms with Crippen LogP contribution in [-0.2, 0) is 0 Å². The second-order valence-corrected chi connectivity index (χ2v) is 6.63. The van der Waals surface area contributed by atoms with Gasteiger partial charge in [-0.05, 0) is 18.9 Å². The van der Waals surface area contributed by atoms with Crippen LogP contribution in [0.15, 0.2) is 11.1 Å². The van der Waals surface area contributed by atoms with Gasteiger partial charge in [-0.1, -0.05) is 13.8 Å². The minimum absolute atomic E-state index is 0.669. The first-order chi connectivity index (χ1) is 8.10. The quantitative estimate of drug-likeness (QED) is 0.675. The molecule has 2 aromatic rings. The van der Waals surface area contributed by atoms with Gasteiger partial charge in [-0.25, -0.2) is 9.97 Å². The average molecular weight is 267 g/mol. The summed E-state index contributed by atoms with van der Waals surface area (Å²) in [5.41, 5.74) is 0. The summed E-state index contributed by atoms with van der Waals surface area (Å²) in [4.78, 5) is 11.4. The predicted molar refractivity (Wildman–Crippen MR) is 77.3 cm³/mol. The molecule has 0 aromatic carbocycles. The van der Waals surface area contributed by atoms with E-state index in [1.54, 1.807) is 11.3 Å². The Balaban J connectivity index is 2.43. The van der Waals surface area contributed by atoms with E-state index in [1.807, 2.05) is 18.8 Å². The van der Waals surface area contributed by atoms with Crippen LogP contribution < -0.4 is 5.32 Å². The van der Waals surface area contributed by atoms with Crippen LogP contribution in [0.2, 0.25) is 0 Å². The third-order valence-corrected chi connectivity index (χ3v) is 4.62. The number of nitrogens with one attached hydrogen (secondary N) is 1. The van der Waals surface area contributed by atoms with Gasteiger partial charge in [0, 0.05) is 23.1 Å². The minimum Gasteiger partial charge on any atom is -0.357 e. The zero-order chi connectivity index (χ0) is 12.4. The first kappa shape index (κ1) is 12.6. The highest BCUT2D eigenvalue weighted by atomic mass is 32.2. The van der Waals surface area contributed by atoms with Gasteiger partial charge in [0.2, 0.25) is 5.95 Å². The van der Waals surface area contributed by atoms with Crippen LogP contribution in [0.5, 0.6) is 0 Å². The number of anilines is 1. The molecule has 0 saturated carbocycles. The first-order valence-corrected chi connectivity index (χ1v) is 7.49. The Labute approximate surface area is 110 Å². The van der Waals surface area contributed by atoms with Crippen molar-refractivity contribution in [3.05, 3.63) is 10.9 Å². The molecule has 0 aliphatic rings.